The molecule has 6 heteroatoms. The van der Waals surface area contributed by atoms with E-state index in [4.69, 9.17) is 16.3 Å². The Morgan fingerprint density at radius 1 is 1.30 bits per heavy atom. The van der Waals surface area contributed by atoms with Crippen LogP contribution in [0, 0.1) is 0 Å². The Morgan fingerprint density at radius 2 is 2.04 bits per heavy atom. The second kappa shape index (κ2) is 8.22. The number of halogens is 2. The molecule has 2 aromatic carbocycles. The number of carbonyl (C=O) groups excluding carboxylic acids is 1. The lowest BCUT2D eigenvalue weighted by atomic mass is 10.1. The van der Waals surface area contributed by atoms with Crippen molar-refractivity contribution in [1.82, 2.24) is 10.6 Å². The number of rotatable bonds is 5. The predicted octanol–water partition coefficient (Wildman–Crippen LogP) is 4.67. The van der Waals surface area contributed by atoms with Gasteiger partial charge in [0.1, 0.15) is 5.75 Å². The van der Waals surface area contributed by atoms with Crippen molar-refractivity contribution in [2.24, 2.45) is 0 Å². The fourth-order valence-corrected chi connectivity index (χ4v) is 3.04. The van der Waals surface area contributed by atoms with Gasteiger partial charge in [-0.05, 0) is 36.8 Å². The van der Waals surface area contributed by atoms with E-state index in [1.54, 1.807) is 25.3 Å². The normalized spacial score (nSPS) is 11.7. The largest absolute Gasteiger partial charge is 0.496 e. The van der Waals surface area contributed by atoms with Crippen molar-refractivity contribution >= 4 is 33.6 Å². The number of hydrogen-bond donors (Lipinski definition) is 2. The van der Waals surface area contributed by atoms with Gasteiger partial charge < -0.3 is 15.4 Å². The van der Waals surface area contributed by atoms with E-state index in [0.29, 0.717) is 17.3 Å². The molecule has 2 aromatic rings. The second-order valence-electron chi connectivity index (χ2n) is 5.03. The van der Waals surface area contributed by atoms with Gasteiger partial charge in [-0.3, -0.25) is 0 Å². The van der Waals surface area contributed by atoms with Crippen molar-refractivity contribution in [2.75, 3.05) is 7.11 Å². The predicted molar refractivity (Wildman–Crippen MR) is 95.9 cm³/mol. The number of methoxy groups -OCH3 is 1. The molecule has 4 nitrogen and oxygen atoms in total. The van der Waals surface area contributed by atoms with Crippen LogP contribution in [0.5, 0.6) is 5.75 Å². The first kappa shape index (κ1) is 17.6. The summed E-state index contributed by atoms with van der Waals surface area (Å²) in [6.07, 6.45) is 0. The summed E-state index contributed by atoms with van der Waals surface area (Å²) in [6, 6.07) is 12.7. The number of benzene rings is 2. The van der Waals surface area contributed by atoms with Gasteiger partial charge in [-0.1, -0.05) is 45.7 Å². The Balaban J connectivity index is 1.95. The third-order valence-corrected chi connectivity index (χ3v) is 4.36. The average molecular weight is 398 g/mol. The van der Waals surface area contributed by atoms with Crippen LogP contribution in [0.15, 0.2) is 46.9 Å². The van der Waals surface area contributed by atoms with Crippen molar-refractivity contribution in [3.8, 4) is 5.75 Å². The number of urea groups is 1. The molecule has 0 saturated carbocycles. The number of nitrogens with one attached hydrogen (secondary N) is 2. The first-order chi connectivity index (χ1) is 11.0. The summed E-state index contributed by atoms with van der Waals surface area (Å²) in [4.78, 5) is 12.1. The number of hydrogen-bond acceptors (Lipinski definition) is 2. The third-order valence-electron chi connectivity index (χ3n) is 3.40. The topological polar surface area (TPSA) is 50.4 Å². The van der Waals surface area contributed by atoms with E-state index in [1.165, 1.54) is 0 Å². The number of amides is 2. The quantitative estimate of drug-likeness (QED) is 0.770. The van der Waals surface area contributed by atoms with Gasteiger partial charge >= 0.3 is 6.03 Å². The zero-order chi connectivity index (χ0) is 16.8. The maximum atomic E-state index is 12.1. The van der Waals surface area contributed by atoms with Crippen LogP contribution in [0.3, 0.4) is 0 Å². The Hall–Kier alpha value is -1.72. The lowest BCUT2D eigenvalue weighted by molar-refractivity contribution is 0.237. The Labute approximate surface area is 149 Å². The zero-order valence-corrected chi connectivity index (χ0v) is 15.2. The molecule has 2 rings (SSSR count). The SMILES string of the molecule is COc1ccc(Cl)cc1CNC(=O)NC(C)c1ccccc1Br. The van der Waals surface area contributed by atoms with Crippen molar-refractivity contribution in [3.05, 3.63) is 63.1 Å². The first-order valence-corrected chi connectivity index (χ1v) is 8.29. The van der Waals surface area contributed by atoms with Gasteiger partial charge in [-0.15, -0.1) is 0 Å². The molecule has 1 unspecified atom stereocenters. The molecule has 0 fully saturated rings. The highest BCUT2D eigenvalue weighted by molar-refractivity contribution is 9.10. The fraction of sp³-hybridized carbons (Fsp3) is 0.235. The van der Waals surface area contributed by atoms with E-state index >= 15 is 0 Å². The molecule has 0 aliphatic heterocycles. The van der Waals surface area contributed by atoms with Crippen LogP contribution < -0.4 is 15.4 Å². The monoisotopic (exact) mass is 396 g/mol. The molecule has 23 heavy (non-hydrogen) atoms. The molecular weight excluding hydrogens is 380 g/mol. The van der Waals surface area contributed by atoms with Crippen LogP contribution in [0.1, 0.15) is 24.1 Å². The minimum absolute atomic E-state index is 0.119. The van der Waals surface area contributed by atoms with Crippen molar-refractivity contribution < 1.29 is 9.53 Å². The molecule has 122 valence electrons. The van der Waals surface area contributed by atoms with E-state index in [-0.39, 0.29) is 12.1 Å². The lowest BCUT2D eigenvalue weighted by Gasteiger charge is -2.17. The lowest BCUT2D eigenvalue weighted by Crippen LogP contribution is -2.36. The van der Waals surface area contributed by atoms with E-state index in [9.17, 15) is 4.79 Å². The molecule has 1 atom stereocenters. The van der Waals surface area contributed by atoms with Gasteiger partial charge in [0, 0.05) is 21.6 Å². The fourth-order valence-electron chi connectivity index (χ4n) is 2.21. The smallest absolute Gasteiger partial charge is 0.315 e. The highest BCUT2D eigenvalue weighted by atomic mass is 79.9. The zero-order valence-electron chi connectivity index (χ0n) is 12.9. The summed E-state index contributed by atoms with van der Waals surface area (Å²) < 4.78 is 6.22. The summed E-state index contributed by atoms with van der Waals surface area (Å²) in [5, 5.41) is 6.32. The summed E-state index contributed by atoms with van der Waals surface area (Å²) in [5.74, 6) is 0.688. The molecule has 2 amide bonds. The molecular formula is C17H18BrClN2O2. The van der Waals surface area contributed by atoms with E-state index in [0.717, 1.165) is 15.6 Å². The highest BCUT2D eigenvalue weighted by Crippen LogP contribution is 2.23. The van der Waals surface area contributed by atoms with Gasteiger partial charge in [0.2, 0.25) is 0 Å². The van der Waals surface area contributed by atoms with Gasteiger partial charge in [0.25, 0.3) is 0 Å². The Bertz CT molecular complexity index is 694. The van der Waals surface area contributed by atoms with Gasteiger partial charge in [-0.25, -0.2) is 4.79 Å². The molecule has 2 N–H and O–H groups in total. The van der Waals surface area contributed by atoms with E-state index in [1.807, 2.05) is 31.2 Å². The molecule has 0 aromatic heterocycles. The van der Waals surface area contributed by atoms with Crippen LogP contribution in [0.25, 0.3) is 0 Å². The minimum Gasteiger partial charge on any atom is -0.496 e. The van der Waals surface area contributed by atoms with Gasteiger partial charge in [-0.2, -0.15) is 0 Å². The van der Waals surface area contributed by atoms with E-state index in [2.05, 4.69) is 26.6 Å². The maximum absolute atomic E-state index is 12.1. The third kappa shape index (κ3) is 4.88. The summed E-state index contributed by atoms with van der Waals surface area (Å²) in [6.45, 7) is 2.26. The standard InChI is InChI=1S/C17H18BrClN2O2/c1-11(14-5-3-4-6-15(14)18)21-17(22)20-10-12-9-13(19)7-8-16(12)23-2/h3-9,11H,10H2,1-2H3,(H2,20,21,22). The van der Waals surface area contributed by atoms with Gasteiger partial charge in [0.15, 0.2) is 0 Å². The maximum Gasteiger partial charge on any atom is 0.315 e. The molecule has 0 bridgehead atoms. The summed E-state index contributed by atoms with van der Waals surface area (Å²) in [5.41, 5.74) is 1.84. The molecule has 0 saturated heterocycles. The highest BCUT2D eigenvalue weighted by Gasteiger charge is 2.12. The Kier molecular flexibility index (Phi) is 6.30. The molecule has 0 aliphatic carbocycles. The van der Waals surface area contributed by atoms with Crippen molar-refractivity contribution in [2.45, 2.75) is 19.5 Å². The van der Waals surface area contributed by atoms with Gasteiger partial charge in [0.05, 0.1) is 13.2 Å². The van der Waals surface area contributed by atoms with Crippen LogP contribution in [0.4, 0.5) is 4.79 Å². The second-order valence-corrected chi connectivity index (χ2v) is 6.32. The molecule has 0 spiro atoms. The van der Waals surface area contributed by atoms with Crippen molar-refractivity contribution in [3.63, 3.8) is 0 Å². The minimum atomic E-state index is -0.254. The summed E-state index contributed by atoms with van der Waals surface area (Å²) in [7, 11) is 1.59. The van der Waals surface area contributed by atoms with Crippen LogP contribution >= 0.6 is 27.5 Å². The Morgan fingerprint density at radius 3 is 2.74 bits per heavy atom. The van der Waals surface area contributed by atoms with Crippen LogP contribution in [-0.2, 0) is 6.54 Å². The number of carbonyl (C=O) groups is 1. The molecule has 0 radical (unpaired) electrons. The summed E-state index contributed by atoms with van der Waals surface area (Å²) >= 11 is 9.47. The van der Waals surface area contributed by atoms with Crippen molar-refractivity contribution in [1.29, 1.82) is 0 Å². The van der Waals surface area contributed by atoms with Crippen LogP contribution in [-0.4, -0.2) is 13.1 Å². The van der Waals surface area contributed by atoms with Crippen LogP contribution in [0.2, 0.25) is 5.02 Å². The number of ether oxygens (including phenoxy) is 1. The first-order valence-electron chi connectivity index (χ1n) is 7.12. The van der Waals surface area contributed by atoms with E-state index < -0.39 is 0 Å². The molecule has 0 aliphatic rings. The molecule has 0 heterocycles. The average Bonchev–Trinajstić information content (AvgIpc) is 2.53.